The molecule has 0 spiro atoms. The number of carbonyl (C=O) groups is 1. The molecule has 1 aliphatic rings. The number of nitrogens with one attached hydrogen (secondary N) is 1. The van der Waals surface area contributed by atoms with Crippen LogP contribution in [0.1, 0.15) is 11.1 Å². The van der Waals surface area contributed by atoms with Crippen molar-refractivity contribution in [2.45, 2.75) is 18.0 Å². The van der Waals surface area contributed by atoms with Gasteiger partial charge in [0.05, 0.1) is 19.0 Å². The number of amides is 1. The van der Waals surface area contributed by atoms with Gasteiger partial charge in [-0.1, -0.05) is 42.5 Å². The lowest BCUT2D eigenvalue weighted by molar-refractivity contribution is -0.118. The third kappa shape index (κ3) is 6.20. The number of ether oxygens (including phenoxy) is 1. The minimum Gasteiger partial charge on any atom is -0.379 e. The lowest BCUT2D eigenvalue weighted by Gasteiger charge is -2.26. The van der Waals surface area contributed by atoms with Gasteiger partial charge in [-0.3, -0.25) is 9.69 Å². The molecular weight excluding hydrogens is 332 g/mol. The Hall–Kier alpha value is -1.82. The lowest BCUT2D eigenvalue weighted by Crippen LogP contribution is -2.35. The van der Waals surface area contributed by atoms with Gasteiger partial charge in [0.15, 0.2) is 0 Å². The molecule has 5 heteroatoms. The number of hydrogen-bond donors (Lipinski definition) is 1. The van der Waals surface area contributed by atoms with Crippen LogP contribution in [-0.2, 0) is 22.6 Å². The van der Waals surface area contributed by atoms with E-state index in [0.29, 0.717) is 12.3 Å². The molecule has 1 saturated heterocycles. The van der Waals surface area contributed by atoms with E-state index < -0.39 is 0 Å². The summed E-state index contributed by atoms with van der Waals surface area (Å²) in [6.07, 6.45) is 0. The highest BCUT2D eigenvalue weighted by Gasteiger charge is 2.10. The maximum Gasteiger partial charge on any atom is 0.230 e. The molecule has 0 saturated carbocycles. The topological polar surface area (TPSA) is 41.6 Å². The van der Waals surface area contributed by atoms with Crippen LogP contribution >= 0.6 is 11.8 Å². The Morgan fingerprint density at radius 1 is 1.00 bits per heavy atom. The van der Waals surface area contributed by atoms with Crippen LogP contribution in [0.15, 0.2) is 59.5 Å². The third-order valence-electron chi connectivity index (χ3n) is 4.14. The molecule has 2 aromatic carbocycles. The monoisotopic (exact) mass is 356 g/mol. The summed E-state index contributed by atoms with van der Waals surface area (Å²) in [6, 6.07) is 18.5. The number of rotatable bonds is 7. The van der Waals surface area contributed by atoms with Gasteiger partial charge in [-0.25, -0.2) is 0 Å². The molecule has 0 bridgehead atoms. The minimum absolute atomic E-state index is 0.0613. The zero-order valence-electron chi connectivity index (χ0n) is 14.3. The fourth-order valence-corrected chi connectivity index (χ4v) is 3.45. The number of benzene rings is 2. The van der Waals surface area contributed by atoms with Crippen molar-refractivity contribution in [3.8, 4) is 0 Å². The average Bonchev–Trinajstić information content (AvgIpc) is 2.67. The predicted molar refractivity (Wildman–Crippen MR) is 102 cm³/mol. The summed E-state index contributed by atoms with van der Waals surface area (Å²) in [6.45, 7) is 5.18. The van der Waals surface area contributed by atoms with E-state index in [1.807, 2.05) is 30.3 Å². The largest absolute Gasteiger partial charge is 0.379 e. The standard InChI is InChI=1S/C20H24N2O2S/c23-20(16-25-19-4-2-1-3-5-19)21-14-17-6-8-18(9-7-17)15-22-10-12-24-13-11-22/h1-9H,10-16H2,(H,21,23). The SMILES string of the molecule is O=C(CSc1ccccc1)NCc1ccc(CN2CCOCC2)cc1. The van der Waals surface area contributed by atoms with Crippen molar-refractivity contribution in [3.63, 3.8) is 0 Å². The van der Waals surface area contributed by atoms with Gasteiger partial charge >= 0.3 is 0 Å². The van der Waals surface area contributed by atoms with Crippen LogP contribution in [0.5, 0.6) is 0 Å². The van der Waals surface area contributed by atoms with Gasteiger partial charge in [0.25, 0.3) is 0 Å². The van der Waals surface area contributed by atoms with Crippen molar-refractivity contribution in [2.24, 2.45) is 0 Å². The van der Waals surface area contributed by atoms with E-state index in [1.54, 1.807) is 11.8 Å². The maximum atomic E-state index is 12.0. The zero-order valence-corrected chi connectivity index (χ0v) is 15.1. The fourth-order valence-electron chi connectivity index (χ4n) is 2.70. The van der Waals surface area contributed by atoms with Crippen molar-refractivity contribution in [1.82, 2.24) is 10.2 Å². The van der Waals surface area contributed by atoms with Crippen molar-refractivity contribution >= 4 is 17.7 Å². The van der Waals surface area contributed by atoms with Gasteiger partial charge in [0, 0.05) is 31.1 Å². The highest BCUT2D eigenvalue weighted by Crippen LogP contribution is 2.16. The minimum atomic E-state index is 0.0613. The molecule has 3 rings (SSSR count). The van der Waals surface area contributed by atoms with Crippen molar-refractivity contribution in [3.05, 3.63) is 65.7 Å². The first-order valence-electron chi connectivity index (χ1n) is 8.62. The molecule has 0 radical (unpaired) electrons. The second-order valence-corrected chi connectivity index (χ2v) is 7.13. The Balaban J connectivity index is 1.39. The van der Waals surface area contributed by atoms with Gasteiger partial charge in [-0.2, -0.15) is 0 Å². The summed E-state index contributed by atoms with van der Waals surface area (Å²) in [7, 11) is 0. The van der Waals surface area contributed by atoms with Crippen LogP contribution in [0.25, 0.3) is 0 Å². The highest BCUT2D eigenvalue weighted by molar-refractivity contribution is 8.00. The Bertz CT molecular complexity index is 655. The van der Waals surface area contributed by atoms with Crippen LogP contribution in [-0.4, -0.2) is 42.9 Å². The Morgan fingerprint density at radius 2 is 1.68 bits per heavy atom. The van der Waals surface area contributed by atoms with E-state index in [0.717, 1.165) is 43.3 Å². The number of nitrogens with zero attached hydrogens (tertiary/aromatic N) is 1. The van der Waals surface area contributed by atoms with Gasteiger partial charge in [0.2, 0.25) is 5.91 Å². The molecule has 2 aromatic rings. The van der Waals surface area contributed by atoms with E-state index >= 15 is 0 Å². The number of hydrogen-bond acceptors (Lipinski definition) is 4. The first-order valence-corrected chi connectivity index (χ1v) is 9.60. The van der Waals surface area contributed by atoms with E-state index in [9.17, 15) is 4.79 Å². The summed E-state index contributed by atoms with van der Waals surface area (Å²) in [4.78, 5) is 15.5. The van der Waals surface area contributed by atoms with Gasteiger partial charge in [0.1, 0.15) is 0 Å². The number of morpholine rings is 1. The molecule has 1 heterocycles. The molecule has 1 amide bonds. The molecular formula is C20H24N2O2S. The van der Waals surface area contributed by atoms with Gasteiger partial charge in [-0.05, 0) is 23.3 Å². The fraction of sp³-hybridized carbons (Fsp3) is 0.350. The van der Waals surface area contributed by atoms with Crippen molar-refractivity contribution < 1.29 is 9.53 Å². The Labute approximate surface area is 153 Å². The number of thioether (sulfide) groups is 1. The quantitative estimate of drug-likeness (QED) is 0.775. The van der Waals surface area contributed by atoms with Gasteiger partial charge < -0.3 is 10.1 Å². The Morgan fingerprint density at radius 3 is 2.40 bits per heavy atom. The molecule has 132 valence electrons. The van der Waals surface area contributed by atoms with Gasteiger partial charge in [-0.15, -0.1) is 11.8 Å². The van der Waals surface area contributed by atoms with Crippen LogP contribution in [0.4, 0.5) is 0 Å². The summed E-state index contributed by atoms with van der Waals surface area (Å²) in [5, 5.41) is 2.98. The first-order chi connectivity index (χ1) is 12.3. The lowest BCUT2D eigenvalue weighted by atomic mass is 10.1. The zero-order chi connectivity index (χ0) is 17.3. The summed E-state index contributed by atoms with van der Waals surface area (Å²) >= 11 is 1.56. The highest BCUT2D eigenvalue weighted by atomic mass is 32.2. The predicted octanol–water partition coefficient (Wildman–Crippen LogP) is 2.93. The molecule has 1 fully saturated rings. The van der Waals surface area contributed by atoms with E-state index in [-0.39, 0.29) is 5.91 Å². The van der Waals surface area contributed by atoms with Crippen LogP contribution in [0, 0.1) is 0 Å². The molecule has 1 N–H and O–H groups in total. The second kappa shape index (κ2) is 9.61. The van der Waals surface area contributed by atoms with Crippen LogP contribution < -0.4 is 5.32 Å². The maximum absolute atomic E-state index is 12.0. The third-order valence-corrected chi connectivity index (χ3v) is 5.15. The average molecular weight is 356 g/mol. The normalized spacial score (nSPS) is 15.0. The van der Waals surface area contributed by atoms with E-state index in [4.69, 9.17) is 4.74 Å². The van der Waals surface area contributed by atoms with Crippen molar-refractivity contribution in [2.75, 3.05) is 32.1 Å². The first kappa shape index (κ1) is 18.0. The molecule has 4 nitrogen and oxygen atoms in total. The Kier molecular flexibility index (Phi) is 6.91. The second-order valence-electron chi connectivity index (χ2n) is 6.08. The molecule has 0 aliphatic carbocycles. The molecule has 0 atom stereocenters. The van der Waals surface area contributed by atoms with Crippen LogP contribution in [0.3, 0.4) is 0 Å². The van der Waals surface area contributed by atoms with Crippen molar-refractivity contribution in [1.29, 1.82) is 0 Å². The molecule has 0 unspecified atom stereocenters. The molecule has 1 aliphatic heterocycles. The molecule has 0 aromatic heterocycles. The summed E-state index contributed by atoms with van der Waals surface area (Å²) in [5.41, 5.74) is 2.43. The number of carbonyl (C=O) groups excluding carboxylic acids is 1. The summed E-state index contributed by atoms with van der Waals surface area (Å²) < 4.78 is 5.38. The molecule has 25 heavy (non-hydrogen) atoms. The summed E-state index contributed by atoms with van der Waals surface area (Å²) in [5.74, 6) is 0.505. The van der Waals surface area contributed by atoms with E-state index in [2.05, 4.69) is 34.5 Å². The van der Waals surface area contributed by atoms with Crippen LogP contribution in [0.2, 0.25) is 0 Å². The smallest absolute Gasteiger partial charge is 0.230 e. The van der Waals surface area contributed by atoms with E-state index in [1.165, 1.54) is 5.56 Å².